The normalized spacial score (nSPS) is 28.8. The molecule has 1 aliphatic heterocycles. The molecule has 0 aliphatic carbocycles. The highest BCUT2D eigenvalue weighted by Gasteiger charge is 2.28. The van der Waals surface area contributed by atoms with Crippen LogP contribution >= 0.6 is 11.3 Å². The number of thiophene rings is 1. The Balaban J connectivity index is 2.43. The van der Waals surface area contributed by atoms with Gasteiger partial charge in [0.15, 0.2) is 0 Å². The molecule has 66 valence electrons. The van der Waals surface area contributed by atoms with Gasteiger partial charge in [-0.05, 0) is 11.4 Å². The average molecular weight is 184 g/mol. The van der Waals surface area contributed by atoms with Gasteiger partial charge in [-0.25, -0.2) is 0 Å². The van der Waals surface area contributed by atoms with E-state index in [2.05, 4.69) is 4.90 Å². The minimum atomic E-state index is -0.484. The summed E-state index contributed by atoms with van der Waals surface area (Å²) in [5.41, 5.74) is 6.73. The number of nitrogens with two attached hydrogens (primary N) is 1. The van der Waals surface area contributed by atoms with Crippen molar-refractivity contribution in [2.24, 2.45) is 5.73 Å². The zero-order valence-electron chi connectivity index (χ0n) is 6.90. The number of rotatable bonds is 0. The van der Waals surface area contributed by atoms with E-state index in [0.717, 1.165) is 17.1 Å². The lowest BCUT2D eigenvalue weighted by Gasteiger charge is -2.32. The quantitative estimate of drug-likeness (QED) is 0.619. The van der Waals surface area contributed by atoms with Crippen LogP contribution in [0.1, 0.15) is 11.7 Å². The maximum absolute atomic E-state index is 9.69. The smallest absolute Gasteiger partial charge is 0.0986 e. The Labute approximate surface area is 75.4 Å². The Morgan fingerprint density at radius 1 is 1.75 bits per heavy atom. The van der Waals surface area contributed by atoms with Gasteiger partial charge in [-0.1, -0.05) is 0 Å². The summed E-state index contributed by atoms with van der Waals surface area (Å²) in [4.78, 5) is 2.09. The molecule has 0 fully saturated rings. The molecule has 2 atom stereocenters. The van der Waals surface area contributed by atoms with Crippen molar-refractivity contribution >= 4 is 16.3 Å². The molecule has 0 saturated heterocycles. The second-order valence-corrected chi connectivity index (χ2v) is 4.06. The number of fused-ring (bicyclic) bond motifs is 1. The molecule has 1 aliphatic rings. The average Bonchev–Trinajstić information content (AvgIpc) is 2.48. The summed E-state index contributed by atoms with van der Waals surface area (Å²) in [7, 11) is 2.00. The molecular formula is C8H12N2OS. The van der Waals surface area contributed by atoms with Gasteiger partial charge in [-0.2, -0.15) is 0 Å². The van der Waals surface area contributed by atoms with E-state index in [1.54, 1.807) is 11.3 Å². The van der Waals surface area contributed by atoms with Crippen molar-refractivity contribution in [3.63, 3.8) is 0 Å². The Morgan fingerprint density at radius 2 is 2.50 bits per heavy atom. The number of nitrogens with zero attached hydrogens (tertiary/aromatic N) is 1. The molecular weight excluding hydrogens is 172 g/mol. The summed E-state index contributed by atoms with van der Waals surface area (Å²) in [6.07, 6.45) is -0.484. The number of likely N-dealkylation sites (N-methyl/N-ethyl adjacent to an activating group) is 1. The van der Waals surface area contributed by atoms with Crippen molar-refractivity contribution < 1.29 is 5.11 Å². The first kappa shape index (κ1) is 8.04. The van der Waals surface area contributed by atoms with Crippen LogP contribution in [0.15, 0.2) is 11.4 Å². The number of aliphatic hydroxyl groups is 1. The van der Waals surface area contributed by atoms with Crippen molar-refractivity contribution in [3.05, 3.63) is 17.0 Å². The van der Waals surface area contributed by atoms with Gasteiger partial charge < -0.3 is 15.7 Å². The third kappa shape index (κ3) is 1.03. The molecule has 0 bridgehead atoms. The topological polar surface area (TPSA) is 49.5 Å². The predicted octanol–water partition coefficient (Wildman–Crippen LogP) is 0.559. The molecule has 0 saturated carbocycles. The minimum Gasteiger partial charge on any atom is -0.387 e. The van der Waals surface area contributed by atoms with Gasteiger partial charge in [0.05, 0.1) is 17.1 Å². The van der Waals surface area contributed by atoms with Crippen LogP contribution in [0.25, 0.3) is 0 Å². The van der Waals surface area contributed by atoms with Crippen LogP contribution in [0.3, 0.4) is 0 Å². The number of hydrogen-bond donors (Lipinski definition) is 2. The van der Waals surface area contributed by atoms with Crippen LogP contribution in [0.4, 0.5) is 5.00 Å². The third-order valence-electron chi connectivity index (χ3n) is 2.23. The van der Waals surface area contributed by atoms with Gasteiger partial charge in [0.2, 0.25) is 0 Å². The van der Waals surface area contributed by atoms with Crippen LogP contribution in [0.5, 0.6) is 0 Å². The molecule has 0 spiro atoms. The highest BCUT2D eigenvalue weighted by molar-refractivity contribution is 7.14. The van der Waals surface area contributed by atoms with Crippen LogP contribution in [0.2, 0.25) is 0 Å². The van der Waals surface area contributed by atoms with Crippen molar-refractivity contribution in [2.45, 2.75) is 12.1 Å². The fourth-order valence-corrected chi connectivity index (χ4v) is 2.50. The number of aliphatic hydroxyl groups excluding tert-OH is 1. The first-order chi connectivity index (χ1) is 5.70. The van der Waals surface area contributed by atoms with Crippen LogP contribution in [-0.4, -0.2) is 24.7 Å². The SMILES string of the molecule is CN1CC(N)C(O)c2ccsc21. The van der Waals surface area contributed by atoms with Crippen molar-refractivity contribution in [2.75, 3.05) is 18.5 Å². The maximum atomic E-state index is 9.69. The van der Waals surface area contributed by atoms with Gasteiger partial charge >= 0.3 is 0 Å². The fraction of sp³-hybridized carbons (Fsp3) is 0.500. The summed E-state index contributed by atoms with van der Waals surface area (Å²) < 4.78 is 0. The summed E-state index contributed by atoms with van der Waals surface area (Å²) >= 11 is 1.65. The Kier molecular flexibility index (Phi) is 1.83. The predicted molar refractivity (Wildman–Crippen MR) is 50.5 cm³/mol. The summed E-state index contributed by atoms with van der Waals surface area (Å²) in [6, 6.07) is 1.79. The lowest BCUT2D eigenvalue weighted by Crippen LogP contribution is -2.43. The molecule has 0 radical (unpaired) electrons. The molecule has 2 rings (SSSR count). The molecule has 1 aromatic heterocycles. The molecule has 0 amide bonds. The van der Waals surface area contributed by atoms with E-state index in [-0.39, 0.29) is 6.04 Å². The largest absolute Gasteiger partial charge is 0.387 e. The van der Waals surface area contributed by atoms with E-state index in [9.17, 15) is 5.11 Å². The van der Waals surface area contributed by atoms with Gasteiger partial charge in [-0.3, -0.25) is 0 Å². The van der Waals surface area contributed by atoms with E-state index in [0.29, 0.717) is 0 Å². The maximum Gasteiger partial charge on any atom is 0.0986 e. The van der Waals surface area contributed by atoms with Gasteiger partial charge in [-0.15, -0.1) is 11.3 Å². The molecule has 3 N–H and O–H groups in total. The molecule has 2 heterocycles. The minimum absolute atomic E-state index is 0.155. The Bertz CT molecular complexity index is 286. The van der Waals surface area contributed by atoms with Crippen molar-refractivity contribution in [3.8, 4) is 0 Å². The van der Waals surface area contributed by atoms with Gasteiger partial charge in [0.1, 0.15) is 0 Å². The fourth-order valence-electron chi connectivity index (χ4n) is 1.58. The van der Waals surface area contributed by atoms with E-state index >= 15 is 0 Å². The van der Waals surface area contributed by atoms with Gasteiger partial charge in [0.25, 0.3) is 0 Å². The summed E-state index contributed by atoms with van der Waals surface area (Å²) in [5, 5.41) is 12.8. The molecule has 3 nitrogen and oxygen atoms in total. The molecule has 4 heteroatoms. The first-order valence-electron chi connectivity index (χ1n) is 3.92. The molecule has 12 heavy (non-hydrogen) atoms. The lowest BCUT2D eigenvalue weighted by atomic mass is 10.0. The van der Waals surface area contributed by atoms with Crippen LogP contribution < -0.4 is 10.6 Å². The van der Waals surface area contributed by atoms with Crippen LogP contribution in [-0.2, 0) is 0 Å². The highest BCUT2D eigenvalue weighted by Crippen LogP contribution is 2.36. The van der Waals surface area contributed by atoms with E-state index in [1.165, 1.54) is 0 Å². The molecule has 2 unspecified atom stereocenters. The molecule has 0 aromatic carbocycles. The van der Waals surface area contributed by atoms with E-state index in [4.69, 9.17) is 5.73 Å². The van der Waals surface area contributed by atoms with E-state index in [1.807, 2.05) is 18.5 Å². The summed E-state index contributed by atoms with van der Waals surface area (Å²) in [6.45, 7) is 0.731. The summed E-state index contributed by atoms with van der Waals surface area (Å²) in [5.74, 6) is 0. The third-order valence-corrected chi connectivity index (χ3v) is 3.27. The van der Waals surface area contributed by atoms with Crippen molar-refractivity contribution in [1.29, 1.82) is 0 Å². The monoisotopic (exact) mass is 184 g/mol. The van der Waals surface area contributed by atoms with Gasteiger partial charge in [0, 0.05) is 19.2 Å². The Morgan fingerprint density at radius 3 is 3.25 bits per heavy atom. The van der Waals surface area contributed by atoms with Crippen molar-refractivity contribution in [1.82, 2.24) is 0 Å². The zero-order chi connectivity index (χ0) is 8.72. The number of anilines is 1. The number of hydrogen-bond acceptors (Lipinski definition) is 4. The second kappa shape index (κ2) is 2.73. The van der Waals surface area contributed by atoms with Crippen LogP contribution in [0, 0.1) is 0 Å². The highest BCUT2D eigenvalue weighted by atomic mass is 32.1. The first-order valence-corrected chi connectivity index (χ1v) is 4.80. The van der Waals surface area contributed by atoms with E-state index < -0.39 is 6.10 Å². The lowest BCUT2D eigenvalue weighted by molar-refractivity contribution is 0.144. The Hall–Kier alpha value is -0.580. The zero-order valence-corrected chi connectivity index (χ0v) is 7.71. The molecule has 1 aromatic rings. The second-order valence-electron chi connectivity index (χ2n) is 3.17. The standard InChI is InChI=1S/C8H12N2OS/c1-10-4-6(9)7(11)5-2-3-12-8(5)10/h2-3,6-7,11H,4,9H2,1H3.